The fourth-order valence-electron chi connectivity index (χ4n) is 3.13. The van der Waals surface area contributed by atoms with Gasteiger partial charge in [0.1, 0.15) is 17.5 Å². The number of aromatic nitrogens is 1. The highest BCUT2D eigenvalue weighted by Gasteiger charge is 2.23. The lowest BCUT2D eigenvalue weighted by Gasteiger charge is -2.10. The minimum Gasteiger partial charge on any atom is -0.508 e. The summed E-state index contributed by atoms with van der Waals surface area (Å²) in [6.07, 6.45) is 2.78. The fourth-order valence-corrected chi connectivity index (χ4v) is 3.13. The molecule has 6 heteroatoms. The Morgan fingerprint density at radius 2 is 1.85 bits per heavy atom. The van der Waals surface area contributed by atoms with Crippen molar-refractivity contribution in [2.24, 2.45) is 5.16 Å². The zero-order chi connectivity index (χ0) is 18.1. The highest BCUT2D eigenvalue weighted by Crippen LogP contribution is 2.37. The Labute approximate surface area is 148 Å². The van der Waals surface area contributed by atoms with Crippen LogP contribution in [0.5, 0.6) is 5.75 Å². The maximum absolute atomic E-state index is 9.62. The van der Waals surface area contributed by atoms with E-state index >= 15 is 0 Å². The van der Waals surface area contributed by atoms with Crippen LogP contribution < -0.4 is 0 Å². The first-order valence-electron chi connectivity index (χ1n) is 7.83. The Balaban J connectivity index is 2.17. The molecule has 6 nitrogen and oxygen atoms in total. The third-order valence-electron chi connectivity index (χ3n) is 4.21. The van der Waals surface area contributed by atoms with E-state index < -0.39 is 0 Å². The summed E-state index contributed by atoms with van der Waals surface area (Å²) in [4.78, 5) is 0. The molecule has 0 unspecified atom stereocenters. The van der Waals surface area contributed by atoms with E-state index in [-0.39, 0.29) is 5.75 Å². The Morgan fingerprint density at radius 3 is 2.58 bits per heavy atom. The molecule has 0 amide bonds. The molecule has 2 heterocycles. The first kappa shape index (κ1) is 15.5. The molecule has 2 N–H and O–H groups in total. The first-order chi connectivity index (χ1) is 12.7. The van der Waals surface area contributed by atoms with Crippen molar-refractivity contribution in [3.05, 3.63) is 72.0 Å². The zero-order valence-corrected chi connectivity index (χ0v) is 13.5. The van der Waals surface area contributed by atoms with Gasteiger partial charge in [-0.2, -0.15) is 5.26 Å². The van der Waals surface area contributed by atoms with Crippen LogP contribution in [0.2, 0.25) is 0 Å². The number of furan rings is 1. The van der Waals surface area contributed by atoms with E-state index in [4.69, 9.17) is 4.42 Å². The van der Waals surface area contributed by atoms with Gasteiger partial charge in [0.2, 0.25) is 0 Å². The molecule has 0 saturated carbocycles. The Bertz CT molecular complexity index is 1160. The number of hydrogen-bond acceptors (Lipinski definition) is 5. The topological polar surface area (TPSA) is 94.7 Å². The molecule has 0 fully saturated rings. The molecular formula is C20H13N3O3. The van der Waals surface area contributed by atoms with E-state index in [1.807, 2.05) is 28.8 Å². The largest absolute Gasteiger partial charge is 0.508 e. The summed E-state index contributed by atoms with van der Waals surface area (Å²) in [7, 11) is 0. The second-order valence-corrected chi connectivity index (χ2v) is 5.65. The van der Waals surface area contributed by atoms with Gasteiger partial charge in [-0.3, -0.25) is 0 Å². The van der Waals surface area contributed by atoms with Gasteiger partial charge in [0.15, 0.2) is 5.76 Å². The number of aromatic hydroxyl groups is 1. The normalized spacial score (nSPS) is 11.2. The number of phenols is 1. The van der Waals surface area contributed by atoms with Crippen LogP contribution in [0.3, 0.4) is 0 Å². The van der Waals surface area contributed by atoms with E-state index in [0.29, 0.717) is 22.6 Å². The smallest absolute Gasteiger partial charge is 0.169 e. The third-order valence-corrected chi connectivity index (χ3v) is 4.21. The SMILES string of the molecule is N#Cc1ccoc1-c1c(C=NO)c2ccccc2n1-c1ccc(O)cc1. The molecule has 0 aliphatic rings. The van der Waals surface area contributed by atoms with Crippen LogP contribution in [0.4, 0.5) is 0 Å². The molecule has 0 atom stereocenters. The number of phenolic OH excluding ortho intramolecular Hbond substituents is 1. The minimum atomic E-state index is 0.152. The number of fused-ring (bicyclic) bond motifs is 1. The lowest BCUT2D eigenvalue weighted by Crippen LogP contribution is -1.98. The predicted octanol–water partition coefficient (Wildman–Crippen LogP) is 4.28. The van der Waals surface area contributed by atoms with Gasteiger partial charge in [-0.05, 0) is 36.4 Å². The summed E-state index contributed by atoms with van der Waals surface area (Å²) in [5.41, 5.74) is 3.22. The maximum Gasteiger partial charge on any atom is 0.169 e. The summed E-state index contributed by atoms with van der Waals surface area (Å²) in [5, 5.41) is 32.3. The van der Waals surface area contributed by atoms with Gasteiger partial charge in [0, 0.05) is 16.6 Å². The maximum atomic E-state index is 9.62. The number of hydrogen-bond donors (Lipinski definition) is 2. The Morgan fingerprint density at radius 1 is 1.08 bits per heavy atom. The number of benzene rings is 2. The first-order valence-corrected chi connectivity index (χ1v) is 7.83. The number of oxime groups is 1. The molecule has 4 rings (SSSR count). The molecule has 2 aromatic carbocycles. The quantitative estimate of drug-likeness (QED) is 0.330. The number of nitriles is 1. The van der Waals surface area contributed by atoms with E-state index in [1.165, 1.54) is 12.5 Å². The predicted molar refractivity (Wildman–Crippen MR) is 96.7 cm³/mol. The average molecular weight is 343 g/mol. The minimum absolute atomic E-state index is 0.152. The summed E-state index contributed by atoms with van der Waals surface area (Å²) >= 11 is 0. The van der Waals surface area contributed by atoms with Gasteiger partial charge in [-0.1, -0.05) is 23.4 Å². The molecule has 0 bridgehead atoms. The molecule has 4 aromatic rings. The van der Waals surface area contributed by atoms with E-state index in [9.17, 15) is 15.6 Å². The highest BCUT2D eigenvalue weighted by molar-refractivity contribution is 6.07. The Hall–Kier alpha value is -3.98. The van der Waals surface area contributed by atoms with Crippen molar-refractivity contribution >= 4 is 17.1 Å². The fraction of sp³-hybridized carbons (Fsp3) is 0. The van der Waals surface area contributed by atoms with Crippen LogP contribution in [0, 0.1) is 11.3 Å². The lowest BCUT2D eigenvalue weighted by atomic mass is 10.1. The van der Waals surface area contributed by atoms with Crippen molar-refractivity contribution in [3.8, 4) is 29.0 Å². The summed E-state index contributed by atoms with van der Waals surface area (Å²) < 4.78 is 7.52. The number of para-hydroxylation sites is 1. The van der Waals surface area contributed by atoms with Crippen molar-refractivity contribution < 1.29 is 14.7 Å². The molecule has 126 valence electrons. The summed E-state index contributed by atoms with van der Waals surface area (Å²) in [6, 6.07) is 18.0. The van der Waals surface area contributed by atoms with Crippen molar-refractivity contribution in [3.63, 3.8) is 0 Å². The van der Waals surface area contributed by atoms with Crippen LogP contribution in [0.25, 0.3) is 28.0 Å². The van der Waals surface area contributed by atoms with Crippen LogP contribution in [-0.2, 0) is 0 Å². The van der Waals surface area contributed by atoms with Gasteiger partial charge in [0.05, 0.1) is 23.6 Å². The lowest BCUT2D eigenvalue weighted by molar-refractivity contribution is 0.322. The van der Waals surface area contributed by atoms with E-state index in [1.54, 1.807) is 30.3 Å². The monoisotopic (exact) mass is 343 g/mol. The summed E-state index contributed by atoms with van der Waals surface area (Å²) in [5.74, 6) is 0.534. The van der Waals surface area contributed by atoms with E-state index in [0.717, 1.165) is 16.6 Å². The average Bonchev–Trinajstić information content (AvgIpc) is 3.25. The second kappa shape index (κ2) is 6.15. The Kier molecular flexibility index (Phi) is 3.67. The van der Waals surface area contributed by atoms with Gasteiger partial charge in [-0.25, -0.2) is 0 Å². The van der Waals surface area contributed by atoms with Crippen molar-refractivity contribution in [1.82, 2.24) is 4.57 Å². The van der Waals surface area contributed by atoms with Gasteiger partial charge in [-0.15, -0.1) is 0 Å². The van der Waals surface area contributed by atoms with Crippen LogP contribution in [-0.4, -0.2) is 21.1 Å². The standard InChI is InChI=1S/C20H13N3O3/c21-11-13-9-10-26-20(13)19-17(12-22-25)16-3-1-2-4-18(16)23(19)14-5-7-15(24)8-6-14/h1-10,12,24-25H. The zero-order valence-electron chi connectivity index (χ0n) is 13.5. The molecule has 0 spiro atoms. The second-order valence-electron chi connectivity index (χ2n) is 5.65. The van der Waals surface area contributed by atoms with Crippen LogP contribution >= 0.6 is 0 Å². The van der Waals surface area contributed by atoms with Crippen molar-refractivity contribution in [1.29, 1.82) is 5.26 Å². The molecule has 2 aromatic heterocycles. The molecule has 0 radical (unpaired) electrons. The molecule has 26 heavy (non-hydrogen) atoms. The van der Waals surface area contributed by atoms with Crippen molar-refractivity contribution in [2.75, 3.05) is 0 Å². The van der Waals surface area contributed by atoms with E-state index in [2.05, 4.69) is 11.2 Å². The third kappa shape index (κ3) is 2.31. The van der Waals surface area contributed by atoms with Crippen molar-refractivity contribution in [2.45, 2.75) is 0 Å². The van der Waals surface area contributed by atoms with Gasteiger partial charge in [0.25, 0.3) is 0 Å². The van der Waals surface area contributed by atoms with Gasteiger partial charge < -0.3 is 19.3 Å². The van der Waals surface area contributed by atoms with Crippen LogP contribution in [0.15, 0.2) is 70.4 Å². The van der Waals surface area contributed by atoms with Crippen LogP contribution in [0.1, 0.15) is 11.1 Å². The summed E-state index contributed by atoms with van der Waals surface area (Å²) in [6.45, 7) is 0. The molecule has 0 saturated heterocycles. The number of nitrogens with zero attached hydrogens (tertiary/aromatic N) is 3. The molecule has 0 aliphatic heterocycles. The number of rotatable bonds is 3. The molecule has 0 aliphatic carbocycles. The molecular weight excluding hydrogens is 330 g/mol. The highest BCUT2D eigenvalue weighted by atomic mass is 16.4. The van der Waals surface area contributed by atoms with Gasteiger partial charge >= 0.3 is 0 Å².